The van der Waals surface area contributed by atoms with Gasteiger partial charge in [-0.05, 0) is 30.5 Å². The van der Waals surface area contributed by atoms with Crippen LogP contribution in [-0.4, -0.2) is 32.3 Å². The van der Waals surface area contributed by atoms with E-state index in [0.29, 0.717) is 17.4 Å². The zero-order valence-electron chi connectivity index (χ0n) is 14.5. The van der Waals surface area contributed by atoms with Crippen LogP contribution >= 0.6 is 23.1 Å². The van der Waals surface area contributed by atoms with Crippen LogP contribution < -0.4 is 5.73 Å². The number of carbonyl (C=O) groups is 1. The largest absolute Gasteiger partial charge is 0.467 e. The molecule has 1 amide bonds. The number of thiophene rings is 1. The second-order valence-electron chi connectivity index (χ2n) is 6.00. The van der Waals surface area contributed by atoms with E-state index in [2.05, 4.69) is 15.1 Å². The molecule has 0 saturated heterocycles. The number of nitrogens with zero attached hydrogens (tertiary/aromatic N) is 4. The molecule has 27 heavy (non-hydrogen) atoms. The van der Waals surface area contributed by atoms with Gasteiger partial charge in [-0.15, -0.1) is 11.3 Å². The summed E-state index contributed by atoms with van der Waals surface area (Å²) < 4.78 is 5.55. The van der Waals surface area contributed by atoms with Crippen LogP contribution in [0.3, 0.4) is 0 Å². The number of furan rings is 1. The number of hydrazone groups is 1. The van der Waals surface area contributed by atoms with Gasteiger partial charge >= 0.3 is 0 Å². The molecule has 0 saturated carbocycles. The van der Waals surface area contributed by atoms with Crippen LogP contribution in [0, 0.1) is 6.92 Å². The van der Waals surface area contributed by atoms with E-state index in [1.54, 1.807) is 23.7 Å². The molecule has 7 nitrogen and oxygen atoms in total. The maximum Gasteiger partial charge on any atom is 0.253 e. The number of aryl methyl sites for hydroxylation is 1. The maximum atomic E-state index is 12.9. The van der Waals surface area contributed by atoms with E-state index < -0.39 is 0 Å². The first-order chi connectivity index (χ1) is 13.1. The fourth-order valence-corrected chi connectivity index (χ4v) is 4.34. The first-order valence-electron chi connectivity index (χ1n) is 8.31. The van der Waals surface area contributed by atoms with Crippen LogP contribution in [0.15, 0.2) is 56.7 Å². The van der Waals surface area contributed by atoms with Gasteiger partial charge in [0, 0.05) is 18.2 Å². The summed E-state index contributed by atoms with van der Waals surface area (Å²) in [6, 6.07) is 9.12. The monoisotopic (exact) mass is 399 g/mol. The van der Waals surface area contributed by atoms with Gasteiger partial charge in [-0.2, -0.15) is 5.10 Å². The molecule has 1 aliphatic rings. The van der Waals surface area contributed by atoms with E-state index in [1.807, 2.05) is 36.6 Å². The van der Waals surface area contributed by atoms with Crippen molar-refractivity contribution in [3.05, 3.63) is 58.3 Å². The Morgan fingerprint density at radius 3 is 3.00 bits per heavy atom. The highest BCUT2D eigenvalue weighted by Crippen LogP contribution is 2.34. The molecule has 0 radical (unpaired) electrons. The van der Waals surface area contributed by atoms with E-state index in [1.165, 1.54) is 16.8 Å². The minimum Gasteiger partial charge on any atom is -0.467 e. The summed E-state index contributed by atoms with van der Waals surface area (Å²) in [5.41, 5.74) is 7.41. The number of thioether (sulfide) groups is 1. The minimum atomic E-state index is -0.242. The molecule has 138 valence electrons. The van der Waals surface area contributed by atoms with Crippen molar-refractivity contribution < 1.29 is 9.21 Å². The number of nitrogens with two attached hydrogens (primary N) is 1. The average Bonchev–Trinajstić information content (AvgIpc) is 3.39. The van der Waals surface area contributed by atoms with Crippen LogP contribution in [0.1, 0.15) is 28.8 Å². The minimum absolute atomic E-state index is 0.128. The molecule has 0 spiro atoms. The normalized spacial score (nSPS) is 16.6. The Morgan fingerprint density at radius 1 is 1.41 bits per heavy atom. The molecule has 4 rings (SSSR count). The van der Waals surface area contributed by atoms with Gasteiger partial charge in [0.05, 0.1) is 22.6 Å². The lowest BCUT2D eigenvalue weighted by Crippen LogP contribution is -2.28. The maximum absolute atomic E-state index is 12.9. The summed E-state index contributed by atoms with van der Waals surface area (Å²) in [5.74, 6) is 1.16. The summed E-state index contributed by atoms with van der Waals surface area (Å²) in [6.07, 6.45) is 2.23. The number of hydrogen-bond acceptors (Lipinski definition) is 8. The average molecular weight is 400 g/mol. The number of amides is 1. The highest BCUT2D eigenvalue weighted by atomic mass is 32.2. The van der Waals surface area contributed by atoms with Gasteiger partial charge in [0.2, 0.25) is 0 Å². The second kappa shape index (κ2) is 7.53. The van der Waals surface area contributed by atoms with Crippen molar-refractivity contribution in [3.63, 3.8) is 0 Å². The Labute approximate surface area is 164 Å². The number of hydrogen-bond donors (Lipinski definition) is 1. The smallest absolute Gasteiger partial charge is 0.253 e. The molecule has 2 N–H and O–H groups in total. The van der Waals surface area contributed by atoms with Crippen molar-refractivity contribution >= 4 is 40.5 Å². The van der Waals surface area contributed by atoms with Gasteiger partial charge in [-0.3, -0.25) is 4.79 Å². The number of carbonyl (C=O) groups excluding carboxylic acids is 1. The lowest BCUT2D eigenvalue weighted by molar-refractivity contribution is -0.130. The molecule has 3 aromatic rings. The second-order valence-corrected chi connectivity index (χ2v) is 7.89. The van der Waals surface area contributed by atoms with Crippen LogP contribution in [-0.2, 0) is 4.79 Å². The molecule has 4 heterocycles. The van der Waals surface area contributed by atoms with Crippen molar-refractivity contribution in [2.24, 2.45) is 5.10 Å². The van der Waals surface area contributed by atoms with Gasteiger partial charge in [-0.25, -0.2) is 15.0 Å². The molecule has 0 aromatic carbocycles. The Bertz CT molecular complexity index is 950. The molecule has 1 unspecified atom stereocenters. The standard InChI is InChI=1S/C18H17N5O2S2/c1-11-8-16(19)21-18(20-11)27-10-17(24)23-13(14-4-2-6-25-14)9-12(22-23)15-5-3-7-26-15/h2-8,13H,9-10H2,1H3,(H2,19,20,21). The summed E-state index contributed by atoms with van der Waals surface area (Å²) >= 11 is 2.86. The van der Waals surface area contributed by atoms with Crippen molar-refractivity contribution in [2.45, 2.75) is 24.5 Å². The van der Waals surface area contributed by atoms with Crippen LogP contribution in [0.4, 0.5) is 5.82 Å². The number of aromatic nitrogens is 2. The first-order valence-corrected chi connectivity index (χ1v) is 10.2. The third kappa shape index (κ3) is 3.88. The Morgan fingerprint density at radius 2 is 2.30 bits per heavy atom. The molecule has 0 aliphatic carbocycles. The quantitative estimate of drug-likeness (QED) is 0.521. The highest BCUT2D eigenvalue weighted by Gasteiger charge is 2.35. The molecular formula is C18H17N5O2S2. The molecule has 1 atom stereocenters. The van der Waals surface area contributed by atoms with Gasteiger partial charge in [0.1, 0.15) is 17.6 Å². The van der Waals surface area contributed by atoms with E-state index in [-0.39, 0.29) is 17.7 Å². The lowest BCUT2D eigenvalue weighted by Gasteiger charge is -2.19. The first kappa shape index (κ1) is 17.7. The summed E-state index contributed by atoms with van der Waals surface area (Å²) in [6.45, 7) is 1.84. The van der Waals surface area contributed by atoms with Gasteiger partial charge < -0.3 is 10.2 Å². The predicted molar refractivity (Wildman–Crippen MR) is 106 cm³/mol. The molecule has 0 bridgehead atoms. The highest BCUT2D eigenvalue weighted by molar-refractivity contribution is 7.99. The van der Waals surface area contributed by atoms with E-state index in [4.69, 9.17) is 10.2 Å². The van der Waals surface area contributed by atoms with Crippen molar-refractivity contribution in [3.8, 4) is 0 Å². The zero-order chi connectivity index (χ0) is 18.8. The molecule has 3 aromatic heterocycles. The topological polar surface area (TPSA) is 97.6 Å². The summed E-state index contributed by atoms with van der Waals surface area (Å²) in [7, 11) is 0. The van der Waals surface area contributed by atoms with Crippen molar-refractivity contribution in [1.29, 1.82) is 0 Å². The SMILES string of the molecule is Cc1cc(N)nc(SCC(=O)N2N=C(c3cccs3)CC2c2ccco2)n1. The van der Waals surface area contributed by atoms with E-state index in [0.717, 1.165) is 22.0 Å². The zero-order valence-corrected chi connectivity index (χ0v) is 16.2. The van der Waals surface area contributed by atoms with E-state index in [9.17, 15) is 4.79 Å². The van der Waals surface area contributed by atoms with Crippen molar-refractivity contribution in [2.75, 3.05) is 11.5 Å². The van der Waals surface area contributed by atoms with Gasteiger partial charge in [0.15, 0.2) is 5.16 Å². The van der Waals surface area contributed by atoms with Crippen LogP contribution in [0.5, 0.6) is 0 Å². The Balaban J connectivity index is 1.53. The van der Waals surface area contributed by atoms with E-state index >= 15 is 0 Å². The third-order valence-corrected chi connectivity index (χ3v) is 5.77. The third-order valence-electron chi connectivity index (χ3n) is 4.02. The summed E-state index contributed by atoms with van der Waals surface area (Å²) in [5, 5.41) is 8.58. The predicted octanol–water partition coefficient (Wildman–Crippen LogP) is 3.49. The fraction of sp³-hybridized carbons (Fsp3) is 0.222. The fourth-order valence-electron chi connectivity index (χ4n) is 2.86. The Hall–Kier alpha value is -2.65. The molecular weight excluding hydrogens is 382 g/mol. The van der Waals surface area contributed by atoms with Crippen LogP contribution in [0.2, 0.25) is 0 Å². The molecule has 1 aliphatic heterocycles. The van der Waals surface area contributed by atoms with Gasteiger partial charge in [-0.1, -0.05) is 17.8 Å². The number of anilines is 1. The lowest BCUT2D eigenvalue weighted by atomic mass is 10.1. The van der Waals surface area contributed by atoms with Crippen LogP contribution in [0.25, 0.3) is 0 Å². The van der Waals surface area contributed by atoms with Gasteiger partial charge in [0.25, 0.3) is 5.91 Å². The Kier molecular flexibility index (Phi) is 4.95. The molecule has 0 fully saturated rings. The summed E-state index contributed by atoms with van der Waals surface area (Å²) in [4.78, 5) is 22.4. The van der Waals surface area contributed by atoms with Crippen molar-refractivity contribution in [1.82, 2.24) is 15.0 Å². The molecule has 9 heteroatoms. The number of nitrogen functional groups attached to an aromatic ring is 1. The number of rotatable bonds is 5.